The van der Waals surface area contributed by atoms with Crippen LogP contribution in [0.5, 0.6) is 0 Å². The summed E-state index contributed by atoms with van der Waals surface area (Å²) in [5.74, 6) is -0.00191. The lowest BCUT2D eigenvalue weighted by molar-refractivity contribution is -0.141. The number of rotatable bonds is 4. The van der Waals surface area contributed by atoms with Gasteiger partial charge >= 0.3 is 0 Å². The molecular formula is C24H31ClN4O2. The summed E-state index contributed by atoms with van der Waals surface area (Å²) < 4.78 is 0. The van der Waals surface area contributed by atoms with Crippen molar-refractivity contribution >= 4 is 29.9 Å². The third kappa shape index (κ3) is 5.57. The second-order valence-corrected chi connectivity index (χ2v) is 8.47. The number of amides is 2. The molecule has 2 aromatic rings. The van der Waals surface area contributed by atoms with Crippen molar-refractivity contribution in [1.29, 1.82) is 0 Å². The first kappa shape index (κ1) is 23.1. The van der Waals surface area contributed by atoms with Gasteiger partial charge < -0.3 is 20.4 Å². The highest BCUT2D eigenvalue weighted by molar-refractivity contribution is 5.86. The van der Waals surface area contributed by atoms with Crippen LogP contribution in [-0.2, 0) is 22.7 Å². The SMILES string of the molecule is CN(Cc1ccccc1)C(=O)CN1Cc2ccccc2NC2(CCNCC2)CC1=O.Cl. The van der Waals surface area contributed by atoms with Crippen molar-refractivity contribution in [2.45, 2.75) is 37.9 Å². The molecule has 2 amide bonds. The molecule has 166 valence electrons. The summed E-state index contributed by atoms with van der Waals surface area (Å²) in [6.07, 6.45) is 2.20. The summed E-state index contributed by atoms with van der Waals surface area (Å²) in [5, 5.41) is 7.08. The lowest BCUT2D eigenvalue weighted by atomic mass is 9.83. The van der Waals surface area contributed by atoms with Gasteiger partial charge in [0.05, 0.1) is 0 Å². The number of carbonyl (C=O) groups excluding carboxylic acids is 2. The second kappa shape index (κ2) is 10.2. The van der Waals surface area contributed by atoms with Gasteiger partial charge in [0.1, 0.15) is 6.54 Å². The zero-order chi connectivity index (χ0) is 21.0. The van der Waals surface area contributed by atoms with Crippen LogP contribution in [-0.4, -0.2) is 53.8 Å². The third-order valence-electron chi connectivity index (χ3n) is 6.20. The summed E-state index contributed by atoms with van der Waals surface area (Å²) in [6, 6.07) is 18.1. The lowest BCUT2D eigenvalue weighted by Gasteiger charge is -2.42. The van der Waals surface area contributed by atoms with Crippen LogP contribution in [0.4, 0.5) is 5.69 Å². The van der Waals surface area contributed by atoms with Gasteiger partial charge in [-0.05, 0) is 43.1 Å². The number of halogens is 1. The molecule has 1 fully saturated rings. The van der Waals surface area contributed by atoms with Crippen LogP contribution < -0.4 is 10.6 Å². The molecule has 1 spiro atoms. The number of hydrogen-bond acceptors (Lipinski definition) is 4. The minimum atomic E-state index is -0.254. The van der Waals surface area contributed by atoms with Crippen LogP contribution in [0.3, 0.4) is 0 Å². The molecule has 0 aliphatic carbocycles. The van der Waals surface area contributed by atoms with E-state index in [1.165, 1.54) is 0 Å². The van der Waals surface area contributed by atoms with Crippen molar-refractivity contribution in [3.63, 3.8) is 0 Å². The van der Waals surface area contributed by atoms with E-state index in [9.17, 15) is 9.59 Å². The maximum Gasteiger partial charge on any atom is 0.242 e. The summed E-state index contributed by atoms with van der Waals surface area (Å²) in [5.41, 5.74) is 2.95. The zero-order valence-corrected chi connectivity index (χ0v) is 18.8. The number of piperidine rings is 1. The Morgan fingerprint density at radius 1 is 1.06 bits per heavy atom. The largest absolute Gasteiger partial charge is 0.379 e. The van der Waals surface area contributed by atoms with Gasteiger partial charge in [0.2, 0.25) is 11.8 Å². The van der Waals surface area contributed by atoms with E-state index in [0.29, 0.717) is 19.5 Å². The topological polar surface area (TPSA) is 64.7 Å². The molecule has 31 heavy (non-hydrogen) atoms. The van der Waals surface area contributed by atoms with E-state index in [1.807, 2.05) is 48.5 Å². The van der Waals surface area contributed by atoms with Gasteiger partial charge in [-0.25, -0.2) is 0 Å². The van der Waals surface area contributed by atoms with Gasteiger partial charge in [-0.3, -0.25) is 9.59 Å². The molecule has 0 saturated carbocycles. The molecular weight excluding hydrogens is 412 g/mol. The Bertz CT molecular complexity index is 899. The molecule has 1 saturated heterocycles. The van der Waals surface area contributed by atoms with E-state index in [2.05, 4.69) is 16.7 Å². The first-order chi connectivity index (χ1) is 14.5. The molecule has 2 aliphatic heterocycles. The molecule has 0 atom stereocenters. The number of para-hydroxylation sites is 1. The Morgan fingerprint density at radius 2 is 1.74 bits per heavy atom. The Hall–Kier alpha value is -2.57. The summed E-state index contributed by atoms with van der Waals surface area (Å²) in [4.78, 5) is 29.6. The number of carbonyl (C=O) groups is 2. The van der Waals surface area contributed by atoms with E-state index in [1.54, 1.807) is 16.8 Å². The van der Waals surface area contributed by atoms with Crippen molar-refractivity contribution < 1.29 is 9.59 Å². The standard InChI is InChI=1S/C24H30N4O2.ClH/c1-27(16-19-7-3-2-4-8-19)23(30)18-28-17-20-9-5-6-10-21(20)26-24(15-22(28)29)11-13-25-14-12-24;/h2-10,25-26H,11-18H2,1H3;1H. The third-order valence-corrected chi connectivity index (χ3v) is 6.20. The molecule has 2 heterocycles. The number of fused-ring (bicyclic) bond motifs is 1. The highest BCUT2D eigenvalue weighted by Crippen LogP contribution is 2.33. The van der Waals surface area contributed by atoms with Crippen molar-refractivity contribution in [2.75, 3.05) is 32.0 Å². The van der Waals surface area contributed by atoms with Crippen LogP contribution in [0, 0.1) is 0 Å². The van der Waals surface area contributed by atoms with Gasteiger partial charge in [-0.1, -0.05) is 48.5 Å². The molecule has 0 unspecified atom stereocenters. The second-order valence-electron chi connectivity index (χ2n) is 8.47. The van der Waals surface area contributed by atoms with E-state index in [0.717, 1.165) is 42.7 Å². The number of benzene rings is 2. The quantitative estimate of drug-likeness (QED) is 0.763. The van der Waals surface area contributed by atoms with Crippen LogP contribution in [0.1, 0.15) is 30.4 Å². The van der Waals surface area contributed by atoms with E-state index >= 15 is 0 Å². The Labute approximate surface area is 190 Å². The first-order valence-corrected chi connectivity index (χ1v) is 10.7. The molecule has 0 bridgehead atoms. The van der Waals surface area contributed by atoms with Gasteiger partial charge in [0.15, 0.2) is 0 Å². The average Bonchev–Trinajstić information content (AvgIpc) is 2.75. The highest BCUT2D eigenvalue weighted by atomic mass is 35.5. The van der Waals surface area contributed by atoms with Gasteiger partial charge in [-0.15, -0.1) is 12.4 Å². The summed E-state index contributed by atoms with van der Waals surface area (Å²) >= 11 is 0. The van der Waals surface area contributed by atoms with Crippen molar-refractivity contribution in [1.82, 2.24) is 15.1 Å². The first-order valence-electron chi connectivity index (χ1n) is 10.7. The van der Waals surface area contributed by atoms with E-state index < -0.39 is 0 Å². The molecule has 0 aromatic heterocycles. The molecule has 4 rings (SSSR count). The predicted octanol–water partition coefficient (Wildman–Crippen LogP) is 3.03. The van der Waals surface area contributed by atoms with Gasteiger partial charge in [-0.2, -0.15) is 0 Å². The molecule has 2 N–H and O–H groups in total. The minimum Gasteiger partial charge on any atom is -0.379 e. The van der Waals surface area contributed by atoms with Crippen molar-refractivity contribution in [3.8, 4) is 0 Å². The fraction of sp³-hybridized carbons (Fsp3) is 0.417. The fourth-order valence-corrected chi connectivity index (χ4v) is 4.39. The minimum absolute atomic E-state index is 0. The fourth-order valence-electron chi connectivity index (χ4n) is 4.39. The number of nitrogens with one attached hydrogen (secondary N) is 2. The van der Waals surface area contributed by atoms with Gasteiger partial charge in [0.25, 0.3) is 0 Å². The normalized spacial score (nSPS) is 17.6. The molecule has 0 radical (unpaired) electrons. The molecule has 6 nitrogen and oxygen atoms in total. The molecule has 7 heteroatoms. The Morgan fingerprint density at radius 3 is 2.48 bits per heavy atom. The highest BCUT2D eigenvalue weighted by Gasteiger charge is 2.38. The maximum absolute atomic E-state index is 13.3. The van der Waals surface area contributed by atoms with Crippen molar-refractivity contribution in [2.24, 2.45) is 0 Å². The number of nitrogens with zero attached hydrogens (tertiary/aromatic N) is 2. The smallest absolute Gasteiger partial charge is 0.242 e. The number of likely N-dealkylation sites (N-methyl/N-ethyl adjacent to an activating group) is 1. The zero-order valence-electron chi connectivity index (χ0n) is 18.0. The van der Waals surface area contributed by atoms with Crippen LogP contribution in [0.25, 0.3) is 0 Å². The van der Waals surface area contributed by atoms with Crippen LogP contribution in [0.15, 0.2) is 54.6 Å². The maximum atomic E-state index is 13.3. The predicted molar refractivity (Wildman–Crippen MR) is 125 cm³/mol. The monoisotopic (exact) mass is 442 g/mol. The number of hydrogen-bond donors (Lipinski definition) is 2. The Kier molecular flexibility index (Phi) is 7.57. The van der Waals surface area contributed by atoms with Crippen LogP contribution in [0.2, 0.25) is 0 Å². The van der Waals surface area contributed by atoms with Crippen molar-refractivity contribution in [3.05, 3.63) is 65.7 Å². The lowest BCUT2D eigenvalue weighted by Crippen LogP contribution is -2.53. The summed E-state index contributed by atoms with van der Waals surface area (Å²) in [6.45, 7) is 2.86. The van der Waals surface area contributed by atoms with Gasteiger partial charge in [0, 0.05) is 37.8 Å². The van der Waals surface area contributed by atoms with Crippen LogP contribution >= 0.6 is 12.4 Å². The van der Waals surface area contributed by atoms with E-state index in [-0.39, 0.29) is 36.3 Å². The average molecular weight is 443 g/mol. The van der Waals surface area contributed by atoms with E-state index in [4.69, 9.17) is 0 Å². The summed E-state index contributed by atoms with van der Waals surface area (Å²) in [7, 11) is 1.80. The Balaban J connectivity index is 0.00000272. The number of anilines is 1. The molecule has 2 aromatic carbocycles. The molecule has 2 aliphatic rings.